The Morgan fingerprint density at radius 1 is 1.03 bits per heavy atom. The van der Waals surface area contributed by atoms with Crippen molar-refractivity contribution < 1.29 is 13.6 Å². The van der Waals surface area contributed by atoms with Crippen LogP contribution in [0.15, 0.2) is 54.6 Å². The molecule has 1 amide bonds. The van der Waals surface area contributed by atoms with Gasteiger partial charge in [0.2, 0.25) is 0 Å². The fourth-order valence-corrected chi connectivity index (χ4v) is 3.51. The molecule has 154 valence electrons. The van der Waals surface area contributed by atoms with Gasteiger partial charge in [-0.15, -0.1) is 10.2 Å². The lowest BCUT2D eigenvalue weighted by Crippen LogP contribution is -2.33. The quantitative estimate of drug-likeness (QED) is 0.666. The molecule has 7 heteroatoms. The summed E-state index contributed by atoms with van der Waals surface area (Å²) in [6.45, 7) is 4.23. The van der Waals surface area contributed by atoms with Gasteiger partial charge < -0.3 is 10.2 Å². The molecule has 3 aromatic rings. The molecular weight excluding hydrogens is 386 g/mol. The highest BCUT2D eigenvalue weighted by atomic mass is 19.1. The fourth-order valence-electron chi connectivity index (χ4n) is 3.51. The topological polar surface area (TPSA) is 58.1 Å². The summed E-state index contributed by atoms with van der Waals surface area (Å²) in [7, 11) is 0. The highest BCUT2D eigenvalue weighted by Crippen LogP contribution is 2.25. The van der Waals surface area contributed by atoms with Gasteiger partial charge in [0.1, 0.15) is 11.6 Å². The first-order chi connectivity index (χ1) is 14.5. The summed E-state index contributed by atoms with van der Waals surface area (Å²) in [5.74, 6) is -0.675. The number of rotatable bonds is 4. The highest BCUT2D eigenvalue weighted by molar-refractivity contribution is 6.04. The lowest BCUT2D eigenvalue weighted by atomic mass is 9.99. The second kappa shape index (κ2) is 8.57. The number of carbonyl (C=O) groups is 1. The number of benzene rings is 2. The van der Waals surface area contributed by atoms with Crippen LogP contribution in [0.4, 0.5) is 20.3 Å². The largest absolute Gasteiger partial charge is 0.355 e. The first kappa shape index (κ1) is 19.9. The Balaban J connectivity index is 1.48. The zero-order valence-electron chi connectivity index (χ0n) is 16.6. The molecule has 1 saturated heterocycles. The maximum absolute atomic E-state index is 13.8. The number of amides is 1. The number of aromatic nitrogens is 2. The summed E-state index contributed by atoms with van der Waals surface area (Å²) in [6, 6.07) is 13.8. The van der Waals surface area contributed by atoms with E-state index in [0.717, 1.165) is 55.4 Å². The normalized spacial score (nSPS) is 14.6. The standard InChI is InChI=1S/C23H22F2N4O/c1-15-9-11-29(12-10-15)22-8-7-21(27-28-22)16-3-2-4-18(13-16)26-23(30)19-6-5-17(24)14-20(19)25/h2-8,13-15H,9-12H2,1H3,(H,26,30). The van der Waals surface area contributed by atoms with Crippen LogP contribution in [0.25, 0.3) is 11.3 Å². The van der Waals surface area contributed by atoms with E-state index in [-0.39, 0.29) is 5.56 Å². The van der Waals surface area contributed by atoms with E-state index in [4.69, 9.17) is 0 Å². The van der Waals surface area contributed by atoms with Gasteiger partial charge in [0.15, 0.2) is 5.82 Å². The van der Waals surface area contributed by atoms with Crippen molar-refractivity contribution in [2.45, 2.75) is 19.8 Å². The van der Waals surface area contributed by atoms with Gasteiger partial charge in [-0.1, -0.05) is 19.1 Å². The van der Waals surface area contributed by atoms with Crippen LogP contribution >= 0.6 is 0 Å². The Kier molecular flexibility index (Phi) is 5.70. The lowest BCUT2D eigenvalue weighted by molar-refractivity contribution is 0.102. The SMILES string of the molecule is CC1CCN(c2ccc(-c3cccc(NC(=O)c4ccc(F)cc4F)c3)nn2)CC1. The number of carbonyl (C=O) groups excluding carboxylic acids is 1. The molecule has 5 nitrogen and oxygen atoms in total. The molecule has 2 heterocycles. The molecule has 0 unspecified atom stereocenters. The first-order valence-electron chi connectivity index (χ1n) is 9.95. The molecule has 0 radical (unpaired) electrons. The fraction of sp³-hybridized carbons (Fsp3) is 0.261. The van der Waals surface area contributed by atoms with Crippen molar-refractivity contribution in [1.82, 2.24) is 10.2 Å². The van der Waals surface area contributed by atoms with Crippen molar-refractivity contribution in [3.05, 3.63) is 71.8 Å². The average Bonchev–Trinajstić information content (AvgIpc) is 2.74. The van der Waals surface area contributed by atoms with Gasteiger partial charge in [-0.05, 0) is 55.2 Å². The average molecular weight is 408 g/mol. The van der Waals surface area contributed by atoms with Crippen molar-refractivity contribution >= 4 is 17.4 Å². The third kappa shape index (κ3) is 4.45. The summed E-state index contributed by atoms with van der Waals surface area (Å²) in [4.78, 5) is 14.6. The zero-order chi connectivity index (χ0) is 21.1. The van der Waals surface area contributed by atoms with Crippen molar-refractivity contribution in [2.24, 2.45) is 5.92 Å². The number of nitrogens with zero attached hydrogens (tertiary/aromatic N) is 3. The van der Waals surface area contributed by atoms with Gasteiger partial charge in [0.05, 0.1) is 11.3 Å². The van der Waals surface area contributed by atoms with E-state index in [1.807, 2.05) is 18.2 Å². The Morgan fingerprint density at radius 2 is 1.83 bits per heavy atom. The van der Waals surface area contributed by atoms with Crippen molar-refractivity contribution in [3.63, 3.8) is 0 Å². The molecule has 1 N–H and O–H groups in total. The Labute approximate surface area is 173 Å². The number of hydrogen-bond acceptors (Lipinski definition) is 4. The third-order valence-electron chi connectivity index (χ3n) is 5.35. The minimum atomic E-state index is -0.905. The number of anilines is 2. The van der Waals surface area contributed by atoms with E-state index >= 15 is 0 Å². The van der Waals surface area contributed by atoms with E-state index in [0.29, 0.717) is 17.4 Å². The van der Waals surface area contributed by atoms with Crippen LogP contribution < -0.4 is 10.2 Å². The number of piperidine rings is 1. The molecule has 1 aromatic heterocycles. The van der Waals surface area contributed by atoms with E-state index in [1.165, 1.54) is 0 Å². The smallest absolute Gasteiger partial charge is 0.258 e. The molecule has 1 fully saturated rings. The van der Waals surface area contributed by atoms with Crippen LogP contribution in [0.1, 0.15) is 30.1 Å². The van der Waals surface area contributed by atoms with E-state index < -0.39 is 17.5 Å². The van der Waals surface area contributed by atoms with Gasteiger partial charge >= 0.3 is 0 Å². The molecule has 0 spiro atoms. The van der Waals surface area contributed by atoms with Crippen LogP contribution in [0.2, 0.25) is 0 Å². The summed E-state index contributed by atoms with van der Waals surface area (Å²) in [5, 5.41) is 11.3. The maximum atomic E-state index is 13.8. The molecule has 0 bridgehead atoms. The molecule has 0 atom stereocenters. The molecule has 30 heavy (non-hydrogen) atoms. The minimum absolute atomic E-state index is 0.221. The van der Waals surface area contributed by atoms with Crippen molar-refractivity contribution in [3.8, 4) is 11.3 Å². The Hall–Kier alpha value is -3.35. The van der Waals surface area contributed by atoms with Gasteiger partial charge in [-0.2, -0.15) is 0 Å². The monoisotopic (exact) mass is 408 g/mol. The minimum Gasteiger partial charge on any atom is -0.355 e. The second-order valence-electron chi connectivity index (χ2n) is 7.61. The van der Waals surface area contributed by atoms with Crippen molar-refractivity contribution in [2.75, 3.05) is 23.3 Å². The molecule has 0 saturated carbocycles. The first-order valence-corrected chi connectivity index (χ1v) is 9.95. The number of hydrogen-bond donors (Lipinski definition) is 1. The highest BCUT2D eigenvalue weighted by Gasteiger charge is 2.17. The third-order valence-corrected chi connectivity index (χ3v) is 5.35. The van der Waals surface area contributed by atoms with Crippen LogP contribution in [0, 0.1) is 17.6 Å². The van der Waals surface area contributed by atoms with Crippen LogP contribution in [-0.2, 0) is 0 Å². The number of nitrogens with one attached hydrogen (secondary N) is 1. The lowest BCUT2D eigenvalue weighted by Gasteiger charge is -2.30. The van der Waals surface area contributed by atoms with E-state index in [2.05, 4.69) is 27.3 Å². The predicted molar refractivity (Wildman–Crippen MR) is 112 cm³/mol. The molecule has 4 rings (SSSR count). The summed E-state index contributed by atoms with van der Waals surface area (Å²) >= 11 is 0. The van der Waals surface area contributed by atoms with Crippen LogP contribution in [0.3, 0.4) is 0 Å². The van der Waals surface area contributed by atoms with E-state index in [9.17, 15) is 13.6 Å². The van der Waals surface area contributed by atoms with Crippen molar-refractivity contribution in [1.29, 1.82) is 0 Å². The zero-order valence-corrected chi connectivity index (χ0v) is 16.6. The van der Waals surface area contributed by atoms with Gasteiger partial charge in [0, 0.05) is 30.4 Å². The van der Waals surface area contributed by atoms with Crippen LogP contribution in [0.5, 0.6) is 0 Å². The summed E-state index contributed by atoms with van der Waals surface area (Å²) in [6.07, 6.45) is 2.31. The molecule has 1 aliphatic heterocycles. The predicted octanol–water partition coefficient (Wildman–Crippen LogP) is 4.91. The maximum Gasteiger partial charge on any atom is 0.258 e. The van der Waals surface area contributed by atoms with Gasteiger partial charge in [0.25, 0.3) is 5.91 Å². The second-order valence-corrected chi connectivity index (χ2v) is 7.61. The summed E-state index contributed by atoms with van der Waals surface area (Å²) < 4.78 is 26.9. The molecule has 2 aromatic carbocycles. The van der Waals surface area contributed by atoms with Crippen LogP contribution in [-0.4, -0.2) is 29.2 Å². The molecule has 0 aliphatic carbocycles. The van der Waals surface area contributed by atoms with Gasteiger partial charge in [-0.3, -0.25) is 4.79 Å². The Morgan fingerprint density at radius 3 is 2.53 bits per heavy atom. The molecule has 1 aliphatic rings. The number of halogens is 2. The molecular formula is C23H22F2N4O. The Bertz CT molecular complexity index is 1050. The van der Waals surface area contributed by atoms with Gasteiger partial charge in [-0.25, -0.2) is 8.78 Å². The van der Waals surface area contributed by atoms with E-state index in [1.54, 1.807) is 18.2 Å². The summed E-state index contributed by atoms with van der Waals surface area (Å²) in [5.41, 5.74) is 1.71.